The largest absolute Gasteiger partial charge is 0.347 e. The molecule has 0 radical (unpaired) electrons. The highest BCUT2D eigenvalue weighted by Crippen LogP contribution is 2.01. The number of hydrogen-bond acceptors (Lipinski definition) is 2. The molecule has 1 N–H and O–H groups in total. The fourth-order valence-corrected chi connectivity index (χ4v) is 0.605. The molecule has 1 aliphatic heterocycles. The van der Waals surface area contributed by atoms with Crippen LogP contribution in [0.2, 0.25) is 0 Å². The first-order valence-electron chi connectivity index (χ1n) is 3.01. The van der Waals surface area contributed by atoms with E-state index in [-0.39, 0.29) is 0 Å². The minimum absolute atomic E-state index is 0.715. The van der Waals surface area contributed by atoms with Gasteiger partial charge in [0, 0.05) is 12.4 Å². The van der Waals surface area contributed by atoms with E-state index >= 15 is 0 Å². The summed E-state index contributed by atoms with van der Waals surface area (Å²) in [6.07, 6.45) is 4.78. The molecular formula is C7H10N2. The Morgan fingerprint density at radius 3 is 3.00 bits per heavy atom. The van der Waals surface area contributed by atoms with Gasteiger partial charge in [0.15, 0.2) is 0 Å². The van der Waals surface area contributed by atoms with E-state index in [1.807, 2.05) is 12.4 Å². The van der Waals surface area contributed by atoms with Gasteiger partial charge in [0.2, 0.25) is 0 Å². The number of aliphatic imine (C=N–C) groups is 1. The average Bonchev–Trinajstić information content (AvgIpc) is 1.90. The van der Waals surface area contributed by atoms with Gasteiger partial charge in [-0.05, 0) is 12.0 Å². The first-order chi connectivity index (χ1) is 4.33. The standard InChI is InChI=1S/C7H10N2/c1-3-7-4-8-6(2)9-5-7/h4-5,8H,2-3H2,1H3. The summed E-state index contributed by atoms with van der Waals surface area (Å²) in [4.78, 5) is 3.98. The predicted molar refractivity (Wildman–Crippen MR) is 39.1 cm³/mol. The zero-order chi connectivity index (χ0) is 6.69. The molecule has 9 heavy (non-hydrogen) atoms. The normalized spacial score (nSPS) is 17.0. The van der Waals surface area contributed by atoms with E-state index < -0.39 is 0 Å². The number of allylic oxidation sites excluding steroid dienone is 1. The van der Waals surface area contributed by atoms with Crippen molar-refractivity contribution in [1.29, 1.82) is 0 Å². The number of nitrogens with zero attached hydrogens (tertiary/aromatic N) is 1. The Bertz CT molecular complexity index is 177. The maximum Gasteiger partial charge on any atom is 0.122 e. The van der Waals surface area contributed by atoms with Crippen LogP contribution in [-0.4, -0.2) is 6.21 Å². The van der Waals surface area contributed by atoms with Crippen molar-refractivity contribution in [2.75, 3.05) is 0 Å². The van der Waals surface area contributed by atoms with Crippen molar-refractivity contribution in [1.82, 2.24) is 5.32 Å². The highest BCUT2D eigenvalue weighted by molar-refractivity contribution is 5.80. The van der Waals surface area contributed by atoms with Crippen molar-refractivity contribution in [2.24, 2.45) is 4.99 Å². The van der Waals surface area contributed by atoms with Crippen LogP contribution in [0.15, 0.2) is 29.2 Å². The third-order valence-electron chi connectivity index (χ3n) is 1.22. The van der Waals surface area contributed by atoms with Crippen molar-refractivity contribution < 1.29 is 0 Å². The molecule has 0 aromatic heterocycles. The van der Waals surface area contributed by atoms with Gasteiger partial charge in [-0.15, -0.1) is 0 Å². The van der Waals surface area contributed by atoms with E-state index in [2.05, 4.69) is 23.8 Å². The quantitative estimate of drug-likeness (QED) is 0.559. The third kappa shape index (κ3) is 1.42. The van der Waals surface area contributed by atoms with Crippen LogP contribution in [0, 0.1) is 0 Å². The summed E-state index contributed by atoms with van der Waals surface area (Å²) in [7, 11) is 0. The van der Waals surface area contributed by atoms with Crippen LogP contribution in [0.3, 0.4) is 0 Å². The SMILES string of the molecule is C=C1N=CC(CC)=CN1. The number of nitrogens with one attached hydrogen (secondary N) is 1. The fraction of sp³-hybridized carbons (Fsp3) is 0.286. The molecule has 48 valence electrons. The lowest BCUT2D eigenvalue weighted by Crippen LogP contribution is -2.08. The van der Waals surface area contributed by atoms with Gasteiger partial charge < -0.3 is 5.32 Å². The highest BCUT2D eigenvalue weighted by Gasteiger charge is 1.94. The van der Waals surface area contributed by atoms with Crippen LogP contribution in [-0.2, 0) is 0 Å². The second kappa shape index (κ2) is 2.49. The zero-order valence-electron chi connectivity index (χ0n) is 5.52. The van der Waals surface area contributed by atoms with Gasteiger partial charge in [-0.2, -0.15) is 0 Å². The molecule has 0 atom stereocenters. The first-order valence-corrected chi connectivity index (χ1v) is 3.01. The van der Waals surface area contributed by atoms with Gasteiger partial charge >= 0.3 is 0 Å². The summed E-state index contributed by atoms with van der Waals surface area (Å²) in [5.74, 6) is 0.715. The Balaban J connectivity index is 2.63. The highest BCUT2D eigenvalue weighted by atomic mass is 15.0. The Hall–Kier alpha value is -1.05. The van der Waals surface area contributed by atoms with E-state index in [0.717, 1.165) is 6.42 Å². The van der Waals surface area contributed by atoms with Gasteiger partial charge in [-0.25, -0.2) is 4.99 Å². The van der Waals surface area contributed by atoms with E-state index in [1.54, 1.807) is 0 Å². The lowest BCUT2D eigenvalue weighted by molar-refractivity contribution is 0.988. The second-order valence-corrected chi connectivity index (χ2v) is 1.92. The maximum absolute atomic E-state index is 3.98. The predicted octanol–water partition coefficient (Wildman–Crippen LogP) is 1.43. The molecule has 0 amide bonds. The van der Waals surface area contributed by atoms with Crippen LogP contribution >= 0.6 is 0 Å². The van der Waals surface area contributed by atoms with E-state index in [9.17, 15) is 0 Å². The molecule has 0 aromatic rings. The first kappa shape index (κ1) is 6.08. The monoisotopic (exact) mass is 122 g/mol. The van der Waals surface area contributed by atoms with Crippen molar-refractivity contribution in [3.63, 3.8) is 0 Å². The Morgan fingerprint density at radius 1 is 1.78 bits per heavy atom. The van der Waals surface area contributed by atoms with Crippen molar-refractivity contribution >= 4 is 6.21 Å². The van der Waals surface area contributed by atoms with Crippen molar-refractivity contribution in [2.45, 2.75) is 13.3 Å². The van der Waals surface area contributed by atoms with Crippen molar-refractivity contribution in [3.05, 3.63) is 24.2 Å². The number of hydrogen-bond donors (Lipinski definition) is 1. The summed E-state index contributed by atoms with van der Waals surface area (Å²) in [6, 6.07) is 0. The van der Waals surface area contributed by atoms with Gasteiger partial charge in [-0.1, -0.05) is 13.5 Å². The summed E-state index contributed by atoms with van der Waals surface area (Å²) in [5, 5.41) is 2.93. The smallest absolute Gasteiger partial charge is 0.122 e. The van der Waals surface area contributed by atoms with Crippen LogP contribution in [0.25, 0.3) is 0 Å². The molecule has 1 rings (SSSR count). The van der Waals surface area contributed by atoms with Crippen LogP contribution in [0.4, 0.5) is 0 Å². The lowest BCUT2D eigenvalue weighted by Gasteiger charge is -2.06. The van der Waals surface area contributed by atoms with Crippen LogP contribution in [0.1, 0.15) is 13.3 Å². The molecule has 0 bridgehead atoms. The third-order valence-corrected chi connectivity index (χ3v) is 1.22. The molecule has 0 fully saturated rings. The van der Waals surface area contributed by atoms with E-state index in [0.29, 0.717) is 5.82 Å². The maximum atomic E-state index is 3.98. The Morgan fingerprint density at radius 2 is 2.56 bits per heavy atom. The summed E-state index contributed by atoms with van der Waals surface area (Å²) < 4.78 is 0. The number of rotatable bonds is 1. The zero-order valence-corrected chi connectivity index (χ0v) is 5.52. The molecule has 2 nitrogen and oxygen atoms in total. The van der Waals surface area contributed by atoms with Gasteiger partial charge in [0.1, 0.15) is 5.82 Å². The summed E-state index contributed by atoms with van der Waals surface area (Å²) in [6.45, 7) is 5.72. The molecule has 0 aromatic carbocycles. The lowest BCUT2D eigenvalue weighted by atomic mass is 10.2. The molecule has 0 spiro atoms. The molecule has 2 heteroatoms. The molecule has 1 heterocycles. The minimum atomic E-state index is 0.715. The van der Waals surface area contributed by atoms with Crippen LogP contribution < -0.4 is 5.32 Å². The van der Waals surface area contributed by atoms with Gasteiger partial charge in [-0.3, -0.25) is 0 Å². The fourth-order valence-electron chi connectivity index (χ4n) is 0.605. The molecule has 1 aliphatic rings. The van der Waals surface area contributed by atoms with Gasteiger partial charge in [0.25, 0.3) is 0 Å². The van der Waals surface area contributed by atoms with E-state index in [4.69, 9.17) is 0 Å². The Kier molecular flexibility index (Phi) is 1.68. The molecule has 0 saturated carbocycles. The topological polar surface area (TPSA) is 24.4 Å². The second-order valence-electron chi connectivity index (χ2n) is 1.92. The molecule has 0 unspecified atom stereocenters. The average molecular weight is 122 g/mol. The van der Waals surface area contributed by atoms with E-state index in [1.165, 1.54) is 5.57 Å². The Labute approximate surface area is 55.0 Å². The summed E-state index contributed by atoms with van der Waals surface area (Å²) >= 11 is 0. The molecule has 0 saturated heterocycles. The summed E-state index contributed by atoms with van der Waals surface area (Å²) in [5.41, 5.74) is 1.21. The van der Waals surface area contributed by atoms with Crippen molar-refractivity contribution in [3.8, 4) is 0 Å². The van der Waals surface area contributed by atoms with Crippen LogP contribution in [0.5, 0.6) is 0 Å². The molecule has 0 aliphatic carbocycles. The van der Waals surface area contributed by atoms with Gasteiger partial charge in [0.05, 0.1) is 0 Å². The molecular weight excluding hydrogens is 112 g/mol. The minimum Gasteiger partial charge on any atom is -0.347 e.